The third-order valence-electron chi connectivity index (χ3n) is 5.74. The highest BCUT2D eigenvalue weighted by atomic mass is 35.5. The van der Waals surface area contributed by atoms with Crippen LogP contribution in [0.15, 0.2) is 90.3 Å². The van der Waals surface area contributed by atoms with Crippen molar-refractivity contribution in [2.24, 2.45) is 0 Å². The summed E-state index contributed by atoms with van der Waals surface area (Å²) in [5.41, 5.74) is 1.92. The highest BCUT2D eigenvalue weighted by Crippen LogP contribution is 2.30. The van der Waals surface area contributed by atoms with E-state index in [0.717, 1.165) is 0 Å². The van der Waals surface area contributed by atoms with E-state index in [-0.39, 0.29) is 11.3 Å². The van der Waals surface area contributed by atoms with Crippen LogP contribution in [0, 0.1) is 0 Å². The predicted octanol–water partition coefficient (Wildman–Crippen LogP) is 3.52. The number of hydrogen-bond donors (Lipinski definition) is 1. The molecule has 0 radical (unpaired) electrons. The molecule has 2 amide bonds. The first-order valence-corrected chi connectivity index (χ1v) is 13.7. The van der Waals surface area contributed by atoms with Crippen molar-refractivity contribution in [3.8, 4) is 11.3 Å². The molecule has 0 saturated carbocycles. The number of aromatic nitrogens is 3. The van der Waals surface area contributed by atoms with Gasteiger partial charge in [-0.15, -0.1) is 11.6 Å². The van der Waals surface area contributed by atoms with Crippen LogP contribution in [0.1, 0.15) is 24.1 Å². The van der Waals surface area contributed by atoms with Crippen molar-refractivity contribution in [1.82, 2.24) is 20.3 Å². The highest BCUT2D eigenvalue weighted by Gasteiger charge is 2.35. The third-order valence-corrected chi connectivity index (χ3v) is 7.90. The summed E-state index contributed by atoms with van der Waals surface area (Å²) in [6.07, 6.45) is 6.90. The zero-order chi connectivity index (χ0) is 27.1. The van der Waals surface area contributed by atoms with Crippen LogP contribution in [-0.2, 0) is 25.2 Å². The van der Waals surface area contributed by atoms with Crippen LogP contribution >= 0.6 is 11.6 Å². The van der Waals surface area contributed by atoms with Gasteiger partial charge in [0.05, 0.1) is 11.9 Å². The molecule has 10 nitrogen and oxygen atoms in total. The van der Waals surface area contributed by atoms with Gasteiger partial charge in [-0.2, -0.15) is 0 Å². The smallest absolute Gasteiger partial charge is 0.248 e. The maximum atomic E-state index is 13.7. The minimum Gasteiger partial charge on any atom is -0.444 e. The number of carbonyl (C=O) groups is 2. The molecule has 4 aromatic rings. The molecule has 2 heterocycles. The molecule has 4 rings (SSSR count). The molecule has 0 aliphatic carbocycles. The average Bonchev–Trinajstić information content (AvgIpc) is 3.47. The lowest BCUT2D eigenvalue weighted by atomic mass is 10.1. The molecule has 12 heteroatoms. The van der Waals surface area contributed by atoms with Gasteiger partial charge in [-0.25, -0.2) is 23.4 Å². The predicted molar refractivity (Wildman–Crippen MR) is 142 cm³/mol. The van der Waals surface area contributed by atoms with E-state index in [1.807, 2.05) is 0 Å². The van der Waals surface area contributed by atoms with E-state index in [0.29, 0.717) is 22.6 Å². The molecule has 0 spiro atoms. The molecule has 0 aliphatic rings. The molecular weight excluding hydrogens is 530 g/mol. The number of alkyl halides is 1. The second-order valence-corrected chi connectivity index (χ2v) is 10.9. The summed E-state index contributed by atoms with van der Waals surface area (Å²) in [6, 6.07) is 14.0. The number of nitrogens with zero attached hydrogens (tertiary/aromatic N) is 4. The molecule has 2 aromatic carbocycles. The van der Waals surface area contributed by atoms with Gasteiger partial charge in [0.2, 0.25) is 11.8 Å². The Labute approximate surface area is 224 Å². The van der Waals surface area contributed by atoms with E-state index in [1.165, 1.54) is 36.9 Å². The Morgan fingerprint density at radius 3 is 2.29 bits per heavy atom. The number of anilines is 1. The van der Waals surface area contributed by atoms with Gasteiger partial charge < -0.3 is 9.73 Å². The lowest BCUT2D eigenvalue weighted by molar-refractivity contribution is -0.126. The van der Waals surface area contributed by atoms with E-state index in [1.54, 1.807) is 60.8 Å². The lowest BCUT2D eigenvalue weighted by Gasteiger charge is -2.31. The number of oxazole rings is 1. The molecule has 2 unspecified atom stereocenters. The summed E-state index contributed by atoms with van der Waals surface area (Å²) < 4.78 is 31.4. The number of sulfone groups is 1. The van der Waals surface area contributed by atoms with Gasteiger partial charge in [-0.1, -0.05) is 30.3 Å². The molecule has 0 fully saturated rings. The first-order valence-electron chi connectivity index (χ1n) is 11.5. The fourth-order valence-electron chi connectivity index (χ4n) is 3.82. The van der Waals surface area contributed by atoms with Crippen molar-refractivity contribution in [3.63, 3.8) is 0 Å². The largest absolute Gasteiger partial charge is 0.444 e. The van der Waals surface area contributed by atoms with E-state index in [2.05, 4.69) is 20.3 Å². The van der Waals surface area contributed by atoms with Crippen molar-refractivity contribution in [2.45, 2.75) is 24.1 Å². The Morgan fingerprint density at radius 1 is 1.00 bits per heavy atom. The number of carbonyl (C=O) groups excluding carboxylic acids is 2. The quantitative estimate of drug-likeness (QED) is 0.295. The van der Waals surface area contributed by atoms with Crippen LogP contribution in [0.3, 0.4) is 0 Å². The lowest BCUT2D eigenvalue weighted by Crippen LogP contribution is -2.48. The average molecular weight is 554 g/mol. The number of nitrogens with one attached hydrogen (secondary N) is 1. The third kappa shape index (κ3) is 6.24. The van der Waals surface area contributed by atoms with Gasteiger partial charge in [0.25, 0.3) is 0 Å². The van der Waals surface area contributed by atoms with Gasteiger partial charge >= 0.3 is 0 Å². The molecule has 2 atom stereocenters. The minimum absolute atomic E-state index is 0.262. The maximum absolute atomic E-state index is 13.7. The zero-order valence-electron chi connectivity index (χ0n) is 20.3. The number of amides is 2. The minimum atomic E-state index is -3.78. The molecule has 0 aliphatic heterocycles. The maximum Gasteiger partial charge on any atom is 0.248 e. The van der Waals surface area contributed by atoms with Crippen molar-refractivity contribution < 1.29 is 22.4 Å². The van der Waals surface area contributed by atoms with Crippen LogP contribution < -0.4 is 10.2 Å². The number of rotatable bonds is 10. The van der Waals surface area contributed by atoms with Gasteiger partial charge in [0, 0.05) is 29.2 Å². The van der Waals surface area contributed by atoms with Crippen LogP contribution in [0.4, 0.5) is 5.69 Å². The van der Waals surface area contributed by atoms with Crippen molar-refractivity contribution in [3.05, 3.63) is 97.0 Å². The summed E-state index contributed by atoms with van der Waals surface area (Å²) >= 11 is 5.94. The summed E-state index contributed by atoms with van der Waals surface area (Å²) in [5, 5.41) is 1.31. The van der Waals surface area contributed by atoms with E-state index >= 15 is 0 Å². The topological polar surface area (TPSA) is 135 Å². The summed E-state index contributed by atoms with van der Waals surface area (Å²) in [5.74, 6) is -1.48. The van der Waals surface area contributed by atoms with Gasteiger partial charge in [0.15, 0.2) is 22.0 Å². The zero-order valence-corrected chi connectivity index (χ0v) is 21.8. The second kappa shape index (κ2) is 12.0. The van der Waals surface area contributed by atoms with Crippen LogP contribution in [0.25, 0.3) is 11.3 Å². The number of benzene rings is 2. The van der Waals surface area contributed by atoms with E-state index in [4.69, 9.17) is 16.0 Å². The fraction of sp³-hybridized carbons (Fsp3) is 0.192. The molecular formula is C26H24ClN5O5S. The molecule has 0 saturated heterocycles. The Bertz CT molecular complexity index is 1470. The van der Waals surface area contributed by atoms with Gasteiger partial charge in [0.1, 0.15) is 23.6 Å². The highest BCUT2D eigenvalue weighted by molar-refractivity contribution is 7.91. The Hall–Kier alpha value is -4.09. The monoisotopic (exact) mass is 553 g/mol. The number of halogens is 1. The van der Waals surface area contributed by atoms with Gasteiger partial charge in [-0.05, 0) is 36.8 Å². The van der Waals surface area contributed by atoms with Crippen LogP contribution in [0.5, 0.6) is 0 Å². The molecule has 38 heavy (non-hydrogen) atoms. The second-order valence-electron chi connectivity index (χ2n) is 8.33. The van der Waals surface area contributed by atoms with E-state index in [9.17, 15) is 18.0 Å². The standard InChI is InChI=1S/C26H24ClN5O5S/c1-18(38(35,36)15-19-5-3-2-4-6-19)31-26(34)25(21-12-28-16-29-13-21)32(24(33)11-27)22-9-7-20(8-10-22)23-14-30-17-37-23/h2-10,12-14,16-18,25H,11,15H2,1H3,(H,31,34). The summed E-state index contributed by atoms with van der Waals surface area (Å²) in [6.45, 7) is 1.38. The summed E-state index contributed by atoms with van der Waals surface area (Å²) in [4.78, 5) is 39.8. The van der Waals surface area contributed by atoms with Crippen LogP contribution in [0.2, 0.25) is 0 Å². The van der Waals surface area contributed by atoms with Crippen molar-refractivity contribution in [1.29, 1.82) is 0 Å². The Kier molecular flexibility index (Phi) is 8.49. The first-order chi connectivity index (χ1) is 18.3. The molecule has 196 valence electrons. The van der Waals surface area contributed by atoms with Crippen molar-refractivity contribution >= 4 is 38.9 Å². The fourth-order valence-corrected chi connectivity index (χ4v) is 5.15. The van der Waals surface area contributed by atoms with E-state index < -0.39 is 38.9 Å². The summed E-state index contributed by atoms with van der Waals surface area (Å²) in [7, 11) is -3.78. The number of hydrogen-bond acceptors (Lipinski definition) is 8. The molecule has 2 aromatic heterocycles. The molecule has 0 bridgehead atoms. The van der Waals surface area contributed by atoms with Gasteiger partial charge in [-0.3, -0.25) is 14.5 Å². The first kappa shape index (κ1) is 27.0. The normalized spacial score (nSPS) is 12.9. The molecule has 1 N–H and O–H groups in total. The Balaban J connectivity index is 1.67. The van der Waals surface area contributed by atoms with Crippen molar-refractivity contribution in [2.75, 3.05) is 10.8 Å². The Morgan fingerprint density at radius 2 is 1.68 bits per heavy atom. The SMILES string of the molecule is CC(NC(=O)C(c1cncnc1)N(C(=O)CCl)c1ccc(-c2cnco2)cc1)S(=O)(=O)Cc1ccccc1. The van der Waals surface area contributed by atoms with Crippen LogP contribution in [-0.4, -0.2) is 46.4 Å².